The maximum Gasteiger partial charge on any atom is 1.00 e. The first-order valence-corrected chi connectivity index (χ1v) is 9.32. The van der Waals surface area contributed by atoms with Crippen LogP contribution in [0.5, 0.6) is 0 Å². The Labute approximate surface area is 167 Å². The van der Waals surface area contributed by atoms with Gasteiger partial charge in [-0.1, -0.05) is 13.8 Å². The second-order valence-corrected chi connectivity index (χ2v) is 8.46. The van der Waals surface area contributed by atoms with Crippen molar-refractivity contribution >= 4 is 35.3 Å². The minimum atomic E-state index is -1.80. The minimum Gasteiger partial charge on any atom is -0.542 e. The first kappa shape index (κ1) is 23.7. The number of hydrogen-bond donors (Lipinski definition) is 1. The molecule has 1 fully saturated rings. The minimum absolute atomic E-state index is 0. The molecular formula is C14H23NaO6S2. The predicted octanol–water partition coefficient (Wildman–Crippen LogP) is -2.59. The van der Waals surface area contributed by atoms with E-state index in [-0.39, 0.29) is 34.1 Å². The molecule has 0 aromatic rings. The number of aliphatic hydroxyl groups excluding tert-OH is 1. The molecule has 1 rings (SSSR count). The maximum atomic E-state index is 11.3. The van der Waals surface area contributed by atoms with Crippen molar-refractivity contribution in [2.75, 3.05) is 11.5 Å². The number of ketones is 1. The third kappa shape index (κ3) is 7.23. The summed E-state index contributed by atoms with van der Waals surface area (Å²) in [6.07, 6.45) is -2.95. The molecule has 0 aliphatic carbocycles. The van der Waals surface area contributed by atoms with E-state index in [4.69, 9.17) is 9.47 Å². The van der Waals surface area contributed by atoms with Crippen LogP contribution < -0.4 is 34.7 Å². The molecule has 1 aliphatic heterocycles. The molecule has 1 saturated heterocycles. The van der Waals surface area contributed by atoms with E-state index in [9.17, 15) is 19.8 Å². The van der Waals surface area contributed by atoms with E-state index in [2.05, 4.69) is 0 Å². The first-order valence-electron chi connectivity index (χ1n) is 7.22. The Bertz CT molecular complexity index is 401. The molecule has 0 aromatic carbocycles. The number of hydrogen-bond acceptors (Lipinski definition) is 8. The maximum absolute atomic E-state index is 11.3. The van der Waals surface area contributed by atoms with Gasteiger partial charge in [0.15, 0.2) is 11.6 Å². The average Bonchev–Trinajstić information content (AvgIpc) is 2.74. The average molecular weight is 374 g/mol. The molecule has 1 aliphatic rings. The van der Waals surface area contributed by atoms with Crippen LogP contribution in [0.3, 0.4) is 0 Å². The van der Waals surface area contributed by atoms with Crippen molar-refractivity contribution in [1.29, 1.82) is 0 Å². The van der Waals surface area contributed by atoms with Gasteiger partial charge in [0.1, 0.15) is 18.2 Å². The van der Waals surface area contributed by atoms with Crippen LogP contribution in [0.25, 0.3) is 0 Å². The van der Waals surface area contributed by atoms with Gasteiger partial charge in [0, 0.05) is 6.42 Å². The smallest absolute Gasteiger partial charge is 0.542 e. The van der Waals surface area contributed by atoms with Crippen LogP contribution in [0.2, 0.25) is 0 Å². The molecule has 1 N–H and O–H groups in total. The van der Waals surface area contributed by atoms with E-state index in [1.54, 1.807) is 37.4 Å². The molecular weight excluding hydrogens is 351 g/mol. The molecule has 3 atom stereocenters. The van der Waals surface area contributed by atoms with Crippen LogP contribution >= 0.6 is 23.5 Å². The Morgan fingerprint density at radius 3 is 2.09 bits per heavy atom. The topological polar surface area (TPSA) is 95.9 Å². The number of carboxylic acids is 1. The second-order valence-electron chi connectivity index (χ2n) is 5.33. The Kier molecular flexibility index (Phi) is 11.0. The number of carbonyl (C=O) groups excluding carboxylic acids is 2. The fourth-order valence-electron chi connectivity index (χ4n) is 2.28. The molecule has 0 radical (unpaired) electrons. The van der Waals surface area contributed by atoms with Gasteiger partial charge in [0.05, 0.1) is 10.7 Å². The largest absolute Gasteiger partial charge is 1.00 e. The molecule has 0 bridgehead atoms. The van der Waals surface area contributed by atoms with Crippen molar-refractivity contribution in [2.24, 2.45) is 0 Å². The van der Waals surface area contributed by atoms with E-state index in [0.717, 1.165) is 11.5 Å². The second kappa shape index (κ2) is 10.7. The van der Waals surface area contributed by atoms with E-state index < -0.39 is 42.3 Å². The summed E-state index contributed by atoms with van der Waals surface area (Å²) in [5.74, 6) is -2.07. The summed E-state index contributed by atoms with van der Waals surface area (Å²) in [6, 6.07) is 0. The predicted molar refractivity (Wildman–Crippen MR) is 84.5 cm³/mol. The normalized spacial score (nSPS) is 24.3. The van der Waals surface area contributed by atoms with Crippen LogP contribution in [0.4, 0.5) is 0 Å². The number of rotatable bonds is 9. The quantitative estimate of drug-likeness (QED) is 0.267. The van der Waals surface area contributed by atoms with Crippen LogP contribution in [-0.2, 0) is 19.1 Å². The fourth-order valence-corrected chi connectivity index (χ4v) is 4.94. The number of carbonyl (C=O) groups is 2. The van der Waals surface area contributed by atoms with Crippen molar-refractivity contribution in [1.82, 2.24) is 0 Å². The van der Waals surface area contributed by atoms with E-state index in [0.29, 0.717) is 0 Å². The molecule has 6 nitrogen and oxygen atoms in total. The van der Waals surface area contributed by atoms with Gasteiger partial charge < -0.3 is 24.5 Å². The van der Waals surface area contributed by atoms with E-state index in [1.165, 1.54) is 0 Å². The molecule has 0 amide bonds. The van der Waals surface area contributed by atoms with Gasteiger partial charge in [0.2, 0.25) is 0 Å². The van der Waals surface area contributed by atoms with Gasteiger partial charge in [-0.3, -0.25) is 4.79 Å². The third-order valence-corrected chi connectivity index (χ3v) is 5.77. The summed E-state index contributed by atoms with van der Waals surface area (Å²) in [5, 5.41) is 20.8. The number of ether oxygens (including phenoxy) is 2. The Morgan fingerprint density at radius 2 is 1.65 bits per heavy atom. The Morgan fingerprint density at radius 1 is 1.17 bits per heavy atom. The van der Waals surface area contributed by atoms with Crippen LogP contribution in [-0.4, -0.2) is 57.0 Å². The van der Waals surface area contributed by atoms with Crippen molar-refractivity contribution < 1.29 is 58.8 Å². The zero-order chi connectivity index (χ0) is 16.9. The standard InChI is InChI=1S/C14H24O6S2.Na/c1-5-21-13(22-6-2)11-10(19-14(3,4)20-11)8(15)7-9(16)12(17)18;/h8,10-11,13,15H,5-7H2,1-4H3,(H,17,18);/q;+1/p-1/t8-,10-,11+;/m0./s1. The summed E-state index contributed by atoms with van der Waals surface area (Å²) in [6.45, 7) is 7.52. The third-order valence-electron chi connectivity index (χ3n) is 3.10. The van der Waals surface area contributed by atoms with E-state index in [1.807, 2.05) is 13.8 Å². The fraction of sp³-hybridized carbons (Fsp3) is 0.857. The molecule has 0 unspecified atom stereocenters. The molecule has 0 aromatic heterocycles. The number of aliphatic hydroxyl groups is 1. The van der Waals surface area contributed by atoms with Crippen LogP contribution in [0.15, 0.2) is 0 Å². The summed E-state index contributed by atoms with van der Waals surface area (Å²) in [4.78, 5) is 21.8. The zero-order valence-corrected chi connectivity index (χ0v) is 17.9. The summed E-state index contributed by atoms with van der Waals surface area (Å²) in [7, 11) is 0. The van der Waals surface area contributed by atoms with Crippen molar-refractivity contribution in [3.63, 3.8) is 0 Å². The zero-order valence-electron chi connectivity index (χ0n) is 14.2. The van der Waals surface area contributed by atoms with Gasteiger partial charge >= 0.3 is 29.6 Å². The summed E-state index contributed by atoms with van der Waals surface area (Å²) in [5.41, 5.74) is 0. The molecule has 1 heterocycles. The molecule has 0 saturated carbocycles. The molecule has 128 valence electrons. The van der Waals surface area contributed by atoms with Gasteiger partial charge in [-0.25, -0.2) is 0 Å². The van der Waals surface area contributed by atoms with Gasteiger partial charge in [-0.05, 0) is 25.4 Å². The molecule has 0 spiro atoms. The monoisotopic (exact) mass is 374 g/mol. The van der Waals surface area contributed by atoms with Crippen molar-refractivity contribution in [3.8, 4) is 0 Å². The summed E-state index contributed by atoms with van der Waals surface area (Å²) < 4.78 is 11.6. The van der Waals surface area contributed by atoms with Crippen molar-refractivity contribution in [2.45, 2.75) is 62.8 Å². The van der Waals surface area contributed by atoms with Gasteiger partial charge in [-0.2, -0.15) is 0 Å². The van der Waals surface area contributed by atoms with Crippen molar-refractivity contribution in [3.05, 3.63) is 0 Å². The number of aliphatic carboxylic acids is 1. The van der Waals surface area contributed by atoms with Gasteiger partial charge in [-0.15, -0.1) is 23.5 Å². The van der Waals surface area contributed by atoms with Crippen LogP contribution in [0, 0.1) is 0 Å². The Balaban J connectivity index is 0.00000484. The number of Topliss-reactive ketones (excluding diaryl/α,β-unsaturated/α-hetero) is 1. The summed E-state index contributed by atoms with van der Waals surface area (Å²) >= 11 is 3.36. The number of thioether (sulfide) groups is 2. The van der Waals surface area contributed by atoms with E-state index >= 15 is 0 Å². The molecule has 9 heteroatoms. The molecule has 23 heavy (non-hydrogen) atoms. The first-order chi connectivity index (χ1) is 10.2. The van der Waals surface area contributed by atoms with Gasteiger partial charge in [0.25, 0.3) is 0 Å². The SMILES string of the molecule is CCSC(SCC)[C@@H]1OC(C)(C)O[C@H]1[C@@H](O)CC(=O)C(=O)[O-].[Na+]. The Hall–Kier alpha value is 0.720. The number of carboxylic acid groups (broad SMARTS) is 1. The van der Waals surface area contributed by atoms with Crippen LogP contribution in [0.1, 0.15) is 34.1 Å².